The van der Waals surface area contributed by atoms with Gasteiger partial charge in [0.25, 0.3) is 0 Å². The van der Waals surface area contributed by atoms with Gasteiger partial charge in [0, 0.05) is 17.1 Å². The van der Waals surface area contributed by atoms with Crippen LogP contribution in [0.25, 0.3) is 0 Å². The Balaban J connectivity index is 2.16. The third-order valence-electron chi connectivity index (χ3n) is 4.30. The van der Waals surface area contributed by atoms with Crippen LogP contribution >= 0.6 is 15.9 Å². The van der Waals surface area contributed by atoms with Crippen molar-refractivity contribution in [2.24, 2.45) is 11.1 Å². The molecule has 1 aliphatic heterocycles. The van der Waals surface area contributed by atoms with Gasteiger partial charge in [-0.1, -0.05) is 48.0 Å². The number of hydrogen-bond acceptors (Lipinski definition) is 2. The second-order valence-electron chi connectivity index (χ2n) is 6.33. The molecule has 0 spiro atoms. The van der Waals surface area contributed by atoms with Gasteiger partial charge in [-0.2, -0.15) is 0 Å². The van der Waals surface area contributed by atoms with Crippen molar-refractivity contribution in [3.63, 3.8) is 0 Å². The topological polar surface area (TPSA) is 29.3 Å². The zero-order valence-corrected chi connectivity index (χ0v) is 13.6. The molecule has 1 fully saturated rings. The van der Waals surface area contributed by atoms with Gasteiger partial charge >= 0.3 is 0 Å². The Morgan fingerprint density at radius 2 is 2.00 bits per heavy atom. The van der Waals surface area contributed by atoms with Gasteiger partial charge in [-0.15, -0.1) is 0 Å². The van der Waals surface area contributed by atoms with Crippen LogP contribution in [0.3, 0.4) is 0 Å². The van der Waals surface area contributed by atoms with Crippen molar-refractivity contribution in [2.75, 3.05) is 19.6 Å². The highest BCUT2D eigenvalue weighted by Crippen LogP contribution is 2.34. The van der Waals surface area contributed by atoms with Gasteiger partial charge in [-0.25, -0.2) is 0 Å². The summed E-state index contributed by atoms with van der Waals surface area (Å²) in [6, 6.07) is 8.80. The maximum Gasteiger partial charge on any atom is 0.0481 e. The fourth-order valence-electron chi connectivity index (χ4n) is 2.97. The number of benzene rings is 1. The molecule has 0 amide bonds. The second-order valence-corrected chi connectivity index (χ2v) is 7.18. The molecule has 1 unspecified atom stereocenters. The molecule has 1 aromatic carbocycles. The minimum atomic E-state index is 0.337. The highest BCUT2D eigenvalue weighted by molar-refractivity contribution is 9.10. The predicted molar refractivity (Wildman–Crippen MR) is 85.1 cm³/mol. The van der Waals surface area contributed by atoms with E-state index in [0.717, 1.165) is 13.1 Å². The molecular formula is C16H25BrN2. The van der Waals surface area contributed by atoms with Crippen LogP contribution in [0.2, 0.25) is 0 Å². The molecule has 1 aromatic rings. The van der Waals surface area contributed by atoms with Gasteiger partial charge in [0.15, 0.2) is 0 Å². The Morgan fingerprint density at radius 1 is 1.26 bits per heavy atom. The number of halogens is 1. The molecule has 1 aliphatic rings. The molecular weight excluding hydrogens is 300 g/mol. The van der Waals surface area contributed by atoms with Crippen LogP contribution in [0.4, 0.5) is 0 Å². The molecule has 0 bridgehead atoms. The molecule has 1 atom stereocenters. The van der Waals surface area contributed by atoms with Crippen LogP contribution in [0.1, 0.15) is 44.7 Å². The van der Waals surface area contributed by atoms with E-state index in [-0.39, 0.29) is 0 Å². The number of rotatable bonds is 3. The fourth-order valence-corrected chi connectivity index (χ4v) is 3.52. The summed E-state index contributed by atoms with van der Waals surface area (Å²) in [4.78, 5) is 2.56. The first kappa shape index (κ1) is 15.0. The van der Waals surface area contributed by atoms with Gasteiger partial charge in [-0.05, 0) is 49.4 Å². The van der Waals surface area contributed by atoms with Gasteiger partial charge in [0.2, 0.25) is 0 Å². The lowest BCUT2D eigenvalue weighted by Gasteiger charge is -2.31. The molecule has 2 N–H and O–H groups in total. The van der Waals surface area contributed by atoms with Crippen LogP contribution in [0, 0.1) is 5.41 Å². The van der Waals surface area contributed by atoms with Crippen molar-refractivity contribution in [1.29, 1.82) is 0 Å². The van der Waals surface area contributed by atoms with Gasteiger partial charge in [0.1, 0.15) is 0 Å². The minimum Gasteiger partial charge on any atom is -0.329 e. The van der Waals surface area contributed by atoms with Crippen molar-refractivity contribution < 1.29 is 0 Å². The van der Waals surface area contributed by atoms with E-state index in [0.29, 0.717) is 18.0 Å². The van der Waals surface area contributed by atoms with Crippen molar-refractivity contribution in [3.8, 4) is 0 Å². The average Bonchev–Trinajstić information content (AvgIpc) is 2.54. The monoisotopic (exact) mass is 324 g/mol. The lowest BCUT2D eigenvalue weighted by Crippen LogP contribution is -2.35. The van der Waals surface area contributed by atoms with E-state index in [2.05, 4.69) is 58.9 Å². The van der Waals surface area contributed by atoms with Crippen LogP contribution in [-0.4, -0.2) is 24.5 Å². The van der Waals surface area contributed by atoms with Crippen LogP contribution < -0.4 is 5.73 Å². The standard InChI is InChI=1S/C16H25BrN2/c1-16(2)8-5-10-19(11-9-16)15(12-18)13-6-3-4-7-14(13)17/h3-4,6-7,15H,5,8-12,18H2,1-2H3. The zero-order chi connectivity index (χ0) is 13.9. The lowest BCUT2D eigenvalue weighted by atomic mass is 9.85. The summed E-state index contributed by atoms with van der Waals surface area (Å²) in [6.07, 6.45) is 3.85. The maximum absolute atomic E-state index is 6.06. The summed E-state index contributed by atoms with van der Waals surface area (Å²) in [5, 5.41) is 0. The van der Waals surface area contributed by atoms with E-state index in [1.165, 1.54) is 29.3 Å². The van der Waals surface area contributed by atoms with Gasteiger partial charge < -0.3 is 5.73 Å². The highest BCUT2D eigenvalue weighted by Gasteiger charge is 2.27. The Hall–Kier alpha value is -0.380. The summed E-state index contributed by atoms with van der Waals surface area (Å²) in [7, 11) is 0. The van der Waals surface area contributed by atoms with Crippen molar-refractivity contribution >= 4 is 15.9 Å². The smallest absolute Gasteiger partial charge is 0.0481 e. The lowest BCUT2D eigenvalue weighted by molar-refractivity contribution is 0.199. The van der Waals surface area contributed by atoms with E-state index < -0.39 is 0 Å². The summed E-state index contributed by atoms with van der Waals surface area (Å²) in [5.41, 5.74) is 7.86. The molecule has 0 aliphatic carbocycles. The molecule has 1 saturated heterocycles. The number of nitrogens with two attached hydrogens (primary N) is 1. The van der Waals surface area contributed by atoms with Crippen LogP contribution in [0.5, 0.6) is 0 Å². The number of nitrogens with zero attached hydrogens (tertiary/aromatic N) is 1. The Bertz CT molecular complexity index is 417. The summed E-state index contributed by atoms with van der Waals surface area (Å²) in [5.74, 6) is 0. The van der Waals surface area contributed by atoms with Crippen molar-refractivity contribution in [3.05, 3.63) is 34.3 Å². The van der Waals surface area contributed by atoms with Gasteiger partial charge in [0.05, 0.1) is 0 Å². The van der Waals surface area contributed by atoms with Crippen molar-refractivity contribution in [1.82, 2.24) is 4.90 Å². The quantitative estimate of drug-likeness (QED) is 0.911. The number of likely N-dealkylation sites (tertiary alicyclic amines) is 1. The maximum atomic E-state index is 6.06. The first-order valence-electron chi connectivity index (χ1n) is 7.22. The predicted octanol–water partition coefficient (Wildman–Crippen LogP) is 3.96. The SMILES string of the molecule is CC1(C)CCCN(C(CN)c2ccccc2Br)CC1. The molecule has 3 heteroatoms. The molecule has 106 valence electrons. The third kappa shape index (κ3) is 3.80. The molecule has 2 nitrogen and oxygen atoms in total. The van der Waals surface area contributed by atoms with E-state index in [1.807, 2.05) is 0 Å². The summed E-state index contributed by atoms with van der Waals surface area (Å²) in [6.45, 7) is 7.75. The van der Waals surface area contributed by atoms with Crippen LogP contribution in [-0.2, 0) is 0 Å². The van der Waals surface area contributed by atoms with E-state index >= 15 is 0 Å². The Morgan fingerprint density at radius 3 is 2.68 bits per heavy atom. The Labute approximate surface area is 125 Å². The van der Waals surface area contributed by atoms with Gasteiger partial charge in [-0.3, -0.25) is 4.90 Å². The van der Waals surface area contributed by atoms with E-state index in [4.69, 9.17) is 5.73 Å². The zero-order valence-electron chi connectivity index (χ0n) is 12.0. The molecule has 19 heavy (non-hydrogen) atoms. The van der Waals surface area contributed by atoms with E-state index in [1.54, 1.807) is 0 Å². The van der Waals surface area contributed by atoms with Crippen LogP contribution in [0.15, 0.2) is 28.7 Å². The molecule has 2 rings (SSSR count). The summed E-state index contributed by atoms with van der Waals surface area (Å²) >= 11 is 3.66. The molecule has 1 heterocycles. The van der Waals surface area contributed by atoms with Crippen molar-refractivity contribution in [2.45, 2.75) is 39.2 Å². The molecule has 0 saturated carbocycles. The van der Waals surface area contributed by atoms with E-state index in [9.17, 15) is 0 Å². The number of hydrogen-bond donors (Lipinski definition) is 1. The first-order chi connectivity index (χ1) is 9.03. The third-order valence-corrected chi connectivity index (χ3v) is 5.03. The normalized spacial score (nSPS) is 21.9. The Kier molecular flexibility index (Phi) is 5.04. The average molecular weight is 325 g/mol. The molecule has 0 radical (unpaired) electrons. The first-order valence-corrected chi connectivity index (χ1v) is 8.01. The summed E-state index contributed by atoms with van der Waals surface area (Å²) < 4.78 is 1.17. The highest BCUT2D eigenvalue weighted by atomic mass is 79.9. The molecule has 0 aromatic heterocycles. The largest absolute Gasteiger partial charge is 0.329 e. The minimum absolute atomic E-state index is 0.337. The second kappa shape index (κ2) is 6.38. The fraction of sp³-hybridized carbons (Fsp3) is 0.625.